The SMILES string of the molecule is Cc1noc(C)c1CC(=O)NCC1CCN(S(=O)(=O)N(C)C)CC1. The number of nitrogens with one attached hydrogen (secondary N) is 1. The molecule has 0 bridgehead atoms. The standard InChI is InChI=1S/C15H26N4O4S/c1-11-14(12(2)23-17-11)9-15(20)16-10-13-5-7-19(8-6-13)24(21,22)18(3)4/h13H,5-10H2,1-4H3,(H,16,20). The van der Waals surface area contributed by atoms with Crippen LogP contribution in [-0.2, 0) is 21.4 Å². The predicted octanol–water partition coefficient (Wildman–Crippen LogP) is 0.469. The highest BCUT2D eigenvalue weighted by atomic mass is 32.2. The molecule has 136 valence electrons. The Hall–Kier alpha value is -1.45. The van der Waals surface area contributed by atoms with Crippen molar-refractivity contribution in [1.82, 2.24) is 19.1 Å². The molecule has 1 aromatic heterocycles. The predicted molar refractivity (Wildman–Crippen MR) is 89.6 cm³/mol. The lowest BCUT2D eigenvalue weighted by atomic mass is 9.98. The molecule has 0 atom stereocenters. The third kappa shape index (κ3) is 4.34. The molecule has 9 heteroatoms. The van der Waals surface area contributed by atoms with E-state index in [1.165, 1.54) is 22.7 Å². The molecular formula is C15H26N4O4S. The summed E-state index contributed by atoms with van der Waals surface area (Å²) in [5, 5.41) is 6.78. The number of carbonyl (C=O) groups is 1. The van der Waals surface area contributed by atoms with E-state index in [9.17, 15) is 13.2 Å². The van der Waals surface area contributed by atoms with Gasteiger partial charge in [0.25, 0.3) is 10.2 Å². The van der Waals surface area contributed by atoms with Crippen molar-refractivity contribution < 1.29 is 17.7 Å². The Morgan fingerprint density at radius 1 is 1.33 bits per heavy atom. The van der Waals surface area contributed by atoms with Crippen LogP contribution in [0, 0.1) is 19.8 Å². The summed E-state index contributed by atoms with van der Waals surface area (Å²) in [5.41, 5.74) is 1.57. The van der Waals surface area contributed by atoms with Gasteiger partial charge in [0.05, 0.1) is 12.1 Å². The molecule has 0 saturated carbocycles. The maximum atomic E-state index is 12.1. The van der Waals surface area contributed by atoms with Gasteiger partial charge < -0.3 is 9.84 Å². The van der Waals surface area contributed by atoms with Crippen LogP contribution in [0.15, 0.2) is 4.52 Å². The summed E-state index contributed by atoms with van der Waals surface area (Å²) in [4.78, 5) is 12.1. The summed E-state index contributed by atoms with van der Waals surface area (Å²) >= 11 is 0. The maximum absolute atomic E-state index is 12.1. The topological polar surface area (TPSA) is 95.7 Å². The minimum atomic E-state index is -3.34. The molecule has 1 N–H and O–H groups in total. The minimum Gasteiger partial charge on any atom is -0.361 e. The maximum Gasteiger partial charge on any atom is 0.281 e. The molecule has 2 rings (SSSR count). The zero-order valence-corrected chi connectivity index (χ0v) is 15.5. The van der Waals surface area contributed by atoms with E-state index < -0.39 is 10.2 Å². The van der Waals surface area contributed by atoms with E-state index >= 15 is 0 Å². The van der Waals surface area contributed by atoms with E-state index in [4.69, 9.17) is 4.52 Å². The van der Waals surface area contributed by atoms with Gasteiger partial charge in [0.15, 0.2) is 0 Å². The van der Waals surface area contributed by atoms with Gasteiger partial charge in [-0.2, -0.15) is 17.0 Å². The average Bonchev–Trinajstić information content (AvgIpc) is 2.85. The van der Waals surface area contributed by atoms with Gasteiger partial charge >= 0.3 is 0 Å². The molecule has 1 aliphatic heterocycles. The number of nitrogens with zero attached hydrogens (tertiary/aromatic N) is 3. The van der Waals surface area contributed by atoms with Gasteiger partial charge in [0.2, 0.25) is 5.91 Å². The van der Waals surface area contributed by atoms with Gasteiger partial charge in [-0.1, -0.05) is 5.16 Å². The molecule has 0 radical (unpaired) electrons. The van der Waals surface area contributed by atoms with Crippen molar-refractivity contribution in [3.05, 3.63) is 17.0 Å². The third-order valence-electron chi connectivity index (χ3n) is 4.47. The first kappa shape index (κ1) is 18.9. The van der Waals surface area contributed by atoms with Gasteiger partial charge in [-0.15, -0.1) is 0 Å². The monoisotopic (exact) mass is 358 g/mol. The van der Waals surface area contributed by atoms with Crippen LogP contribution in [-0.4, -0.2) is 61.8 Å². The van der Waals surface area contributed by atoms with E-state index in [1.807, 2.05) is 6.92 Å². The molecule has 1 aromatic rings. The number of rotatable bonds is 6. The lowest BCUT2D eigenvalue weighted by Gasteiger charge is -2.32. The quantitative estimate of drug-likeness (QED) is 0.797. The van der Waals surface area contributed by atoms with Gasteiger partial charge in [0.1, 0.15) is 5.76 Å². The van der Waals surface area contributed by atoms with Gasteiger partial charge in [0, 0.05) is 39.3 Å². The first-order valence-electron chi connectivity index (χ1n) is 8.08. The van der Waals surface area contributed by atoms with Crippen LogP contribution in [0.1, 0.15) is 29.9 Å². The molecule has 2 heterocycles. The number of piperidine rings is 1. The smallest absolute Gasteiger partial charge is 0.281 e. The van der Waals surface area contributed by atoms with E-state index in [0.717, 1.165) is 24.1 Å². The van der Waals surface area contributed by atoms with Crippen LogP contribution >= 0.6 is 0 Å². The van der Waals surface area contributed by atoms with Gasteiger partial charge in [-0.3, -0.25) is 4.79 Å². The first-order valence-corrected chi connectivity index (χ1v) is 9.47. The fraction of sp³-hybridized carbons (Fsp3) is 0.733. The number of aryl methyl sites for hydroxylation is 2. The first-order chi connectivity index (χ1) is 11.2. The van der Waals surface area contributed by atoms with Crippen molar-refractivity contribution in [3.8, 4) is 0 Å². The number of hydrogen-bond donors (Lipinski definition) is 1. The van der Waals surface area contributed by atoms with Crippen molar-refractivity contribution in [2.24, 2.45) is 5.92 Å². The highest BCUT2D eigenvalue weighted by molar-refractivity contribution is 7.86. The molecule has 1 fully saturated rings. The minimum absolute atomic E-state index is 0.0623. The van der Waals surface area contributed by atoms with E-state index in [0.29, 0.717) is 31.3 Å². The van der Waals surface area contributed by atoms with E-state index in [1.54, 1.807) is 6.92 Å². The molecule has 0 spiro atoms. The van der Waals surface area contributed by atoms with E-state index in [-0.39, 0.29) is 12.3 Å². The molecule has 0 aliphatic carbocycles. The third-order valence-corrected chi connectivity index (χ3v) is 6.41. The van der Waals surface area contributed by atoms with Gasteiger partial charge in [-0.05, 0) is 32.6 Å². The van der Waals surface area contributed by atoms with Crippen LogP contribution in [0.3, 0.4) is 0 Å². The van der Waals surface area contributed by atoms with Crippen LogP contribution in [0.4, 0.5) is 0 Å². The van der Waals surface area contributed by atoms with Crippen LogP contribution in [0.2, 0.25) is 0 Å². The Balaban J connectivity index is 1.78. The normalized spacial score (nSPS) is 17.4. The fourth-order valence-electron chi connectivity index (χ4n) is 2.81. The molecule has 24 heavy (non-hydrogen) atoms. The largest absolute Gasteiger partial charge is 0.361 e. The summed E-state index contributed by atoms with van der Waals surface area (Å²) in [6.07, 6.45) is 1.76. The summed E-state index contributed by atoms with van der Waals surface area (Å²) in [6.45, 7) is 5.16. The van der Waals surface area contributed by atoms with Gasteiger partial charge in [-0.25, -0.2) is 0 Å². The Morgan fingerprint density at radius 3 is 2.46 bits per heavy atom. The van der Waals surface area contributed by atoms with Crippen molar-refractivity contribution in [2.75, 3.05) is 33.7 Å². The average molecular weight is 358 g/mol. The lowest BCUT2D eigenvalue weighted by Crippen LogP contribution is -2.46. The highest BCUT2D eigenvalue weighted by Crippen LogP contribution is 2.20. The van der Waals surface area contributed by atoms with Crippen molar-refractivity contribution in [3.63, 3.8) is 0 Å². The lowest BCUT2D eigenvalue weighted by molar-refractivity contribution is -0.120. The van der Waals surface area contributed by atoms with Crippen LogP contribution in [0.25, 0.3) is 0 Å². The fourth-order valence-corrected chi connectivity index (χ4v) is 3.94. The Morgan fingerprint density at radius 2 is 1.96 bits per heavy atom. The number of hydrogen-bond acceptors (Lipinski definition) is 5. The van der Waals surface area contributed by atoms with Crippen molar-refractivity contribution in [1.29, 1.82) is 0 Å². The highest BCUT2D eigenvalue weighted by Gasteiger charge is 2.29. The molecule has 8 nitrogen and oxygen atoms in total. The molecule has 0 aromatic carbocycles. The van der Waals surface area contributed by atoms with Crippen molar-refractivity contribution in [2.45, 2.75) is 33.1 Å². The van der Waals surface area contributed by atoms with E-state index in [2.05, 4.69) is 10.5 Å². The molecule has 0 unspecified atom stereocenters. The summed E-state index contributed by atoms with van der Waals surface area (Å²) in [5.74, 6) is 0.907. The Labute approximate surface area is 143 Å². The summed E-state index contributed by atoms with van der Waals surface area (Å²) in [7, 11) is -0.260. The zero-order chi connectivity index (χ0) is 17.9. The molecule has 1 amide bonds. The molecule has 1 saturated heterocycles. The second-order valence-corrected chi connectivity index (χ2v) is 8.56. The summed E-state index contributed by atoms with van der Waals surface area (Å²) < 4.78 is 31.9. The number of carbonyl (C=O) groups excluding carboxylic acids is 1. The molecular weight excluding hydrogens is 332 g/mol. The number of amides is 1. The number of aromatic nitrogens is 1. The second-order valence-electron chi connectivity index (χ2n) is 6.42. The summed E-state index contributed by atoms with van der Waals surface area (Å²) in [6, 6.07) is 0. The van der Waals surface area contributed by atoms with Crippen LogP contribution in [0.5, 0.6) is 0 Å². The Bertz CT molecular complexity index is 656. The second kappa shape index (κ2) is 7.62. The zero-order valence-electron chi connectivity index (χ0n) is 14.7. The van der Waals surface area contributed by atoms with Crippen molar-refractivity contribution >= 4 is 16.1 Å². The Kier molecular flexibility index (Phi) is 6.00. The molecule has 1 aliphatic rings. The van der Waals surface area contributed by atoms with Crippen LogP contribution < -0.4 is 5.32 Å².